The molecular formula is C5H12N2. The predicted octanol–water partition coefficient (Wildman–Crippen LogP) is -0.447. The van der Waals surface area contributed by atoms with Crippen molar-refractivity contribution in [3.8, 4) is 0 Å². The van der Waals surface area contributed by atoms with Crippen LogP contribution >= 0.6 is 0 Å². The summed E-state index contributed by atoms with van der Waals surface area (Å²) in [6, 6.07) is 0.390. The Morgan fingerprint density at radius 1 is 1.71 bits per heavy atom. The molecule has 0 amide bonds. The molecule has 2 heteroatoms. The largest absolute Gasteiger partial charge is 0.328 e. The zero-order valence-corrected chi connectivity index (χ0v) is 4.65. The van der Waals surface area contributed by atoms with Crippen LogP contribution in [0, 0.1) is 5.92 Å². The second kappa shape index (κ2) is 1.80. The average molecular weight is 100 g/mol. The van der Waals surface area contributed by atoms with Crippen molar-refractivity contribution >= 4 is 0 Å². The van der Waals surface area contributed by atoms with Crippen molar-refractivity contribution in [2.24, 2.45) is 11.7 Å². The summed E-state index contributed by atoms with van der Waals surface area (Å²) in [4.78, 5) is 0. The standard InChI is InChI=1S/C5H12N2/c1-4(6)5-2-7-3-5/h4-5,7H,2-3,6H2,1H3. The molecule has 0 aromatic rings. The van der Waals surface area contributed by atoms with Crippen LogP contribution in [0.25, 0.3) is 0 Å². The molecule has 0 radical (unpaired) electrons. The van der Waals surface area contributed by atoms with E-state index in [2.05, 4.69) is 12.2 Å². The van der Waals surface area contributed by atoms with Crippen LogP contribution in [0.1, 0.15) is 6.92 Å². The molecule has 0 aromatic carbocycles. The van der Waals surface area contributed by atoms with Gasteiger partial charge >= 0.3 is 0 Å². The Morgan fingerprint density at radius 3 is 2.29 bits per heavy atom. The Morgan fingerprint density at radius 2 is 2.29 bits per heavy atom. The van der Waals surface area contributed by atoms with Crippen molar-refractivity contribution in [3.05, 3.63) is 0 Å². The second-order valence-corrected chi connectivity index (χ2v) is 2.28. The molecule has 1 aliphatic rings. The van der Waals surface area contributed by atoms with E-state index in [0.29, 0.717) is 6.04 Å². The Bertz CT molecular complexity index is 57.1. The van der Waals surface area contributed by atoms with E-state index in [0.717, 1.165) is 19.0 Å². The number of nitrogens with two attached hydrogens (primary N) is 1. The topological polar surface area (TPSA) is 38.0 Å². The predicted molar refractivity (Wildman–Crippen MR) is 30.0 cm³/mol. The van der Waals surface area contributed by atoms with Crippen molar-refractivity contribution in [3.63, 3.8) is 0 Å². The Balaban J connectivity index is 2.14. The van der Waals surface area contributed by atoms with Crippen LogP contribution in [-0.2, 0) is 0 Å². The van der Waals surface area contributed by atoms with Crippen LogP contribution in [-0.4, -0.2) is 19.1 Å². The maximum Gasteiger partial charge on any atom is 0.00630 e. The normalized spacial score (nSPS) is 26.6. The lowest BCUT2D eigenvalue weighted by atomic mass is 9.96. The summed E-state index contributed by atoms with van der Waals surface area (Å²) < 4.78 is 0. The van der Waals surface area contributed by atoms with E-state index in [1.165, 1.54) is 0 Å². The molecule has 0 saturated carbocycles. The fourth-order valence-corrected chi connectivity index (χ4v) is 0.683. The number of rotatable bonds is 1. The summed E-state index contributed by atoms with van der Waals surface area (Å²) in [5, 5.41) is 3.16. The molecule has 1 rings (SSSR count). The summed E-state index contributed by atoms with van der Waals surface area (Å²) in [6.07, 6.45) is 0. The summed E-state index contributed by atoms with van der Waals surface area (Å²) in [6.45, 7) is 4.31. The first kappa shape index (κ1) is 5.06. The average Bonchev–Trinajstić information content (AvgIpc) is 1.23. The molecule has 1 fully saturated rings. The number of hydrogen-bond acceptors (Lipinski definition) is 2. The molecule has 0 aliphatic carbocycles. The maximum atomic E-state index is 5.56. The molecule has 3 N–H and O–H groups in total. The first-order valence-electron chi connectivity index (χ1n) is 2.77. The van der Waals surface area contributed by atoms with Crippen molar-refractivity contribution in [2.75, 3.05) is 13.1 Å². The van der Waals surface area contributed by atoms with Crippen LogP contribution in [0.4, 0.5) is 0 Å². The third-order valence-electron chi connectivity index (χ3n) is 1.56. The van der Waals surface area contributed by atoms with E-state index < -0.39 is 0 Å². The lowest BCUT2D eigenvalue weighted by Gasteiger charge is -2.30. The molecule has 1 unspecified atom stereocenters. The third-order valence-corrected chi connectivity index (χ3v) is 1.56. The molecule has 1 saturated heterocycles. The minimum atomic E-state index is 0.390. The zero-order valence-electron chi connectivity index (χ0n) is 4.65. The van der Waals surface area contributed by atoms with Gasteiger partial charge in [-0.1, -0.05) is 0 Å². The van der Waals surface area contributed by atoms with Gasteiger partial charge in [0, 0.05) is 19.1 Å². The molecule has 1 aliphatic heterocycles. The highest BCUT2D eigenvalue weighted by atomic mass is 15.0. The molecule has 2 nitrogen and oxygen atoms in total. The first-order valence-corrected chi connectivity index (χ1v) is 2.77. The van der Waals surface area contributed by atoms with E-state index >= 15 is 0 Å². The van der Waals surface area contributed by atoms with E-state index in [4.69, 9.17) is 5.73 Å². The van der Waals surface area contributed by atoms with Crippen LogP contribution in [0.3, 0.4) is 0 Å². The summed E-state index contributed by atoms with van der Waals surface area (Å²) >= 11 is 0. The van der Waals surface area contributed by atoms with Gasteiger partial charge in [0.2, 0.25) is 0 Å². The van der Waals surface area contributed by atoms with Gasteiger partial charge in [0.25, 0.3) is 0 Å². The maximum absolute atomic E-state index is 5.56. The fourth-order valence-electron chi connectivity index (χ4n) is 0.683. The fraction of sp³-hybridized carbons (Fsp3) is 1.00. The lowest BCUT2D eigenvalue weighted by Crippen LogP contribution is -2.50. The van der Waals surface area contributed by atoms with Crippen molar-refractivity contribution < 1.29 is 0 Å². The Hall–Kier alpha value is -0.0800. The summed E-state index contributed by atoms with van der Waals surface area (Å²) in [7, 11) is 0. The van der Waals surface area contributed by atoms with Gasteiger partial charge in [-0.2, -0.15) is 0 Å². The number of nitrogens with one attached hydrogen (secondary N) is 1. The van der Waals surface area contributed by atoms with Crippen LogP contribution < -0.4 is 11.1 Å². The summed E-state index contributed by atoms with van der Waals surface area (Å²) in [5.74, 6) is 0.750. The zero-order chi connectivity index (χ0) is 5.28. The highest BCUT2D eigenvalue weighted by Crippen LogP contribution is 2.04. The molecule has 1 atom stereocenters. The lowest BCUT2D eigenvalue weighted by molar-refractivity contribution is 0.304. The van der Waals surface area contributed by atoms with Crippen molar-refractivity contribution in [1.29, 1.82) is 0 Å². The van der Waals surface area contributed by atoms with Crippen LogP contribution in [0.2, 0.25) is 0 Å². The molecule has 0 bridgehead atoms. The van der Waals surface area contributed by atoms with E-state index in [-0.39, 0.29) is 0 Å². The van der Waals surface area contributed by atoms with Gasteiger partial charge in [0.05, 0.1) is 0 Å². The molecule has 1 heterocycles. The monoisotopic (exact) mass is 100 g/mol. The first-order chi connectivity index (χ1) is 3.30. The molecule has 0 spiro atoms. The van der Waals surface area contributed by atoms with Gasteiger partial charge in [-0.15, -0.1) is 0 Å². The Kier molecular flexibility index (Phi) is 1.30. The van der Waals surface area contributed by atoms with E-state index in [9.17, 15) is 0 Å². The molecule has 42 valence electrons. The smallest absolute Gasteiger partial charge is 0.00630 e. The number of hydrogen-bond donors (Lipinski definition) is 2. The minimum Gasteiger partial charge on any atom is -0.328 e. The quantitative estimate of drug-likeness (QED) is 0.468. The minimum absolute atomic E-state index is 0.390. The van der Waals surface area contributed by atoms with E-state index in [1.807, 2.05) is 0 Å². The van der Waals surface area contributed by atoms with Crippen LogP contribution in [0.15, 0.2) is 0 Å². The highest BCUT2D eigenvalue weighted by Gasteiger charge is 2.19. The van der Waals surface area contributed by atoms with Crippen LogP contribution in [0.5, 0.6) is 0 Å². The van der Waals surface area contributed by atoms with Gasteiger partial charge in [0.1, 0.15) is 0 Å². The SMILES string of the molecule is CC(N)C1CNC1. The highest BCUT2D eigenvalue weighted by molar-refractivity contribution is 4.80. The van der Waals surface area contributed by atoms with Gasteiger partial charge in [-0.25, -0.2) is 0 Å². The summed E-state index contributed by atoms with van der Waals surface area (Å²) in [5.41, 5.74) is 5.56. The molecule has 0 aromatic heterocycles. The van der Waals surface area contributed by atoms with Gasteiger partial charge in [-0.3, -0.25) is 0 Å². The van der Waals surface area contributed by atoms with Crippen molar-refractivity contribution in [1.82, 2.24) is 5.32 Å². The third kappa shape index (κ3) is 0.924. The Labute approximate surface area is 44.1 Å². The molecule has 7 heavy (non-hydrogen) atoms. The van der Waals surface area contributed by atoms with Gasteiger partial charge in [0.15, 0.2) is 0 Å². The second-order valence-electron chi connectivity index (χ2n) is 2.28. The van der Waals surface area contributed by atoms with Gasteiger partial charge < -0.3 is 11.1 Å². The van der Waals surface area contributed by atoms with Gasteiger partial charge in [-0.05, 0) is 12.8 Å². The molecular weight excluding hydrogens is 88.1 g/mol. The van der Waals surface area contributed by atoms with Crippen molar-refractivity contribution in [2.45, 2.75) is 13.0 Å². The van der Waals surface area contributed by atoms with E-state index in [1.54, 1.807) is 0 Å².